The molecular formula is C19H23KN2O6S3. The van der Waals surface area contributed by atoms with E-state index in [2.05, 4.69) is 17.7 Å². The van der Waals surface area contributed by atoms with Crippen molar-refractivity contribution in [3.8, 4) is 0 Å². The number of hydrogen-bond donors (Lipinski definition) is 0. The van der Waals surface area contributed by atoms with Crippen LogP contribution in [0.1, 0.15) is 17.2 Å². The van der Waals surface area contributed by atoms with E-state index < -0.39 is 32.9 Å². The number of benzene rings is 2. The molecular weight excluding hydrogens is 488 g/mol. The summed E-state index contributed by atoms with van der Waals surface area (Å²) in [6.45, 7) is 0.0788. The molecule has 0 saturated carbocycles. The van der Waals surface area contributed by atoms with Crippen LogP contribution in [0.15, 0.2) is 54.7 Å². The Labute approximate surface area is 231 Å². The summed E-state index contributed by atoms with van der Waals surface area (Å²) < 4.78 is 57.5. The number of nitrogens with zero attached hydrogens (tertiary/aromatic N) is 2. The second-order valence-electron chi connectivity index (χ2n) is 6.38. The zero-order valence-electron chi connectivity index (χ0n) is 17.8. The standard InChI is InChI=1S/C18H20N2O6S2.CH4S.K/c1-27(21,22)25-13-18(26-28(2,23)24)15-8-9-16-11-19-20(17(16)10-15)12-14-6-4-3-5-7-14;1-2;/h3-11,18H,12-13H2,1-2H3;2H,1H3;/q;;+1/p-1/t18-;;/m1../s1. The molecule has 0 aliphatic rings. The SMILES string of the molecule is CS(=O)(=O)OC[C@@H](OS(C)(=O)=O)c1ccc2cnn(Cc3ccccc3)c2c1.C[S-].[K+]. The molecule has 0 aliphatic heterocycles. The molecule has 1 aromatic heterocycles. The van der Waals surface area contributed by atoms with Crippen molar-refractivity contribution in [1.82, 2.24) is 9.78 Å². The van der Waals surface area contributed by atoms with E-state index in [1.807, 2.05) is 30.3 Å². The van der Waals surface area contributed by atoms with Crippen LogP contribution in [0.5, 0.6) is 0 Å². The van der Waals surface area contributed by atoms with E-state index in [9.17, 15) is 16.8 Å². The Balaban J connectivity index is 0.00000156. The Kier molecular flexibility index (Phi) is 11.9. The Hall–Kier alpha value is -0.284. The third kappa shape index (κ3) is 9.62. The van der Waals surface area contributed by atoms with Gasteiger partial charge in [0.1, 0.15) is 6.10 Å². The predicted octanol–water partition coefficient (Wildman–Crippen LogP) is -0.755. The molecule has 8 nitrogen and oxygen atoms in total. The monoisotopic (exact) mass is 510 g/mol. The fraction of sp³-hybridized carbons (Fsp3) is 0.316. The van der Waals surface area contributed by atoms with Crippen LogP contribution in [0.4, 0.5) is 0 Å². The molecule has 0 N–H and O–H groups in total. The quantitative estimate of drug-likeness (QED) is 0.221. The van der Waals surface area contributed by atoms with Crippen LogP contribution in [0.2, 0.25) is 0 Å². The fourth-order valence-electron chi connectivity index (χ4n) is 2.75. The molecule has 31 heavy (non-hydrogen) atoms. The largest absolute Gasteiger partial charge is 1.00 e. The van der Waals surface area contributed by atoms with Crippen molar-refractivity contribution in [1.29, 1.82) is 0 Å². The van der Waals surface area contributed by atoms with Gasteiger partial charge in [-0.1, -0.05) is 42.5 Å². The van der Waals surface area contributed by atoms with Gasteiger partial charge in [0.25, 0.3) is 20.2 Å². The van der Waals surface area contributed by atoms with Gasteiger partial charge < -0.3 is 12.6 Å². The predicted molar refractivity (Wildman–Crippen MR) is 118 cm³/mol. The zero-order chi connectivity index (χ0) is 22.4. The molecule has 0 spiro atoms. The molecule has 12 heteroatoms. The van der Waals surface area contributed by atoms with E-state index in [1.165, 1.54) is 0 Å². The summed E-state index contributed by atoms with van der Waals surface area (Å²) in [6, 6.07) is 14.9. The first-order valence-corrected chi connectivity index (χ1v) is 13.2. The fourth-order valence-corrected chi connectivity index (χ4v) is 3.71. The summed E-state index contributed by atoms with van der Waals surface area (Å²) >= 11 is 4.08. The summed E-state index contributed by atoms with van der Waals surface area (Å²) in [5.74, 6) is 0. The molecule has 3 aromatic rings. The minimum Gasteiger partial charge on any atom is -0.796 e. The average Bonchev–Trinajstić information content (AvgIpc) is 3.08. The van der Waals surface area contributed by atoms with Gasteiger partial charge in [-0.15, -0.1) is 0 Å². The van der Waals surface area contributed by atoms with Gasteiger partial charge in [-0.3, -0.25) is 13.0 Å². The molecule has 1 atom stereocenters. The van der Waals surface area contributed by atoms with Gasteiger partial charge in [-0.2, -0.15) is 28.2 Å². The average molecular weight is 511 g/mol. The van der Waals surface area contributed by atoms with Crippen molar-refractivity contribution >= 4 is 43.8 Å². The molecule has 1 heterocycles. The van der Waals surface area contributed by atoms with E-state index in [0.717, 1.165) is 29.0 Å². The molecule has 0 unspecified atom stereocenters. The van der Waals surface area contributed by atoms with Crippen LogP contribution in [0.3, 0.4) is 0 Å². The van der Waals surface area contributed by atoms with Gasteiger partial charge >= 0.3 is 51.4 Å². The Morgan fingerprint density at radius 2 is 1.65 bits per heavy atom. The van der Waals surface area contributed by atoms with Crippen molar-refractivity contribution < 1.29 is 76.6 Å². The first-order valence-electron chi connectivity index (χ1n) is 8.74. The summed E-state index contributed by atoms with van der Waals surface area (Å²) in [5.41, 5.74) is 2.29. The maximum Gasteiger partial charge on any atom is 1.00 e. The van der Waals surface area contributed by atoms with Gasteiger partial charge in [-0.05, 0) is 17.2 Å². The third-order valence-electron chi connectivity index (χ3n) is 3.94. The Morgan fingerprint density at radius 3 is 2.23 bits per heavy atom. The Bertz CT molecular complexity index is 1180. The number of hydrogen-bond acceptors (Lipinski definition) is 8. The molecule has 0 aliphatic carbocycles. The topological polar surface area (TPSA) is 105 Å². The van der Waals surface area contributed by atoms with Crippen molar-refractivity contribution in [3.05, 3.63) is 65.9 Å². The Morgan fingerprint density at radius 1 is 1.00 bits per heavy atom. The van der Waals surface area contributed by atoms with Crippen LogP contribution in [0, 0.1) is 0 Å². The van der Waals surface area contributed by atoms with Gasteiger partial charge in [0.15, 0.2) is 0 Å². The molecule has 3 rings (SSSR count). The van der Waals surface area contributed by atoms with Crippen LogP contribution >= 0.6 is 0 Å². The molecule has 164 valence electrons. The van der Waals surface area contributed by atoms with Crippen LogP contribution in [-0.2, 0) is 47.8 Å². The molecule has 0 radical (unpaired) electrons. The first kappa shape index (κ1) is 28.7. The summed E-state index contributed by atoms with van der Waals surface area (Å²) in [4.78, 5) is 0. The molecule has 0 bridgehead atoms. The van der Waals surface area contributed by atoms with Crippen molar-refractivity contribution in [3.63, 3.8) is 0 Å². The maximum atomic E-state index is 11.6. The maximum absolute atomic E-state index is 11.6. The van der Waals surface area contributed by atoms with Gasteiger partial charge in [0.2, 0.25) is 0 Å². The molecule has 0 fully saturated rings. The second kappa shape index (κ2) is 12.8. The summed E-state index contributed by atoms with van der Waals surface area (Å²) in [6.07, 6.45) is 3.98. The van der Waals surface area contributed by atoms with E-state index in [-0.39, 0.29) is 51.4 Å². The van der Waals surface area contributed by atoms with E-state index >= 15 is 0 Å². The number of fused-ring (bicyclic) bond motifs is 1. The summed E-state index contributed by atoms with van der Waals surface area (Å²) in [7, 11) is -7.59. The van der Waals surface area contributed by atoms with Crippen molar-refractivity contribution in [2.75, 3.05) is 25.4 Å². The number of rotatable bonds is 8. The molecule has 2 aromatic carbocycles. The zero-order valence-corrected chi connectivity index (χ0v) is 23.3. The van der Waals surface area contributed by atoms with Crippen molar-refractivity contribution in [2.45, 2.75) is 12.6 Å². The van der Waals surface area contributed by atoms with E-state index in [0.29, 0.717) is 12.1 Å². The van der Waals surface area contributed by atoms with Gasteiger partial charge in [0.05, 0.1) is 37.4 Å². The number of aromatic nitrogens is 2. The normalized spacial score (nSPS) is 12.5. The molecule has 0 amide bonds. The van der Waals surface area contributed by atoms with E-state index in [4.69, 9.17) is 8.37 Å². The smallest absolute Gasteiger partial charge is 0.796 e. The van der Waals surface area contributed by atoms with Gasteiger partial charge in [0, 0.05) is 5.39 Å². The van der Waals surface area contributed by atoms with E-state index in [1.54, 1.807) is 35.3 Å². The third-order valence-corrected chi connectivity index (χ3v) is 5.09. The second-order valence-corrected chi connectivity index (χ2v) is 9.63. The minimum absolute atomic E-state index is 0. The van der Waals surface area contributed by atoms with Crippen molar-refractivity contribution in [2.24, 2.45) is 0 Å². The minimum atomic E-state index is -3.83. The molecule has 0 saturated heterocycles. The first-order chi connectivity index (χ1) is 14.1. The van der Waals surface area contributed by atoms with Crippen LogP contribution in [-0.4, -0.2) is 52.0 Å². The summed E-state index contributed by atoms with van der Waals surface area (Å²) in [5, 5.41) is 5.24. The van der Waals surface area contributed by atoms with Crippen LogP contribution < -0.4 is 51.4 Å². The van der Waals surface area contributed by atoms with Gasteiger partial charge in [-0.25, -0.2) is 0 Å². The van der Waals surface area contributed by atoms with Crippen LogP contribution in [0.25, 0.3) is 10.9 Å².